The van der Waals surface area contributed by atoms with Crippen molar-refractivity contribution < 1.29 is 28.9 Å². The Balaban J connectivity index is 2.01. The molecule has 1 amide bonds. The van der Waals surface area contributed by atoms with Crippen LogP contribution >= 0.6 is 11.6 Å². The summed E-state index contributed by atoms with van der Waals surface area (Å²) in [6.45, 7) is 1.75. The average Bonchev–Trinajstić information content (AvgIpc) is 3.04. The molecule has 2 N–H and O–H groups in total. The number of rotatable bonds is 4. The number of hydrogen-bond acceptors (Lipinski definition) is 5. The maximum Gasteiger partial charge on any atom is 0.300 e. The van der Waals surface area contributed by atoms with Gasteiger partial charge in [0.25, 0.3) is 11.7 Å². The summed E-state index contributed by atoms with van der Waals surface area (Å²) in [7, 11) is 1.37. The summed E-state index contributed by atoms with van der Waals surface area (Å²) < 4.78 is 19.3. The van der Waals surface area contributed by atoms with Gasteiger partial charge in [-0.15, -0.1) is 0 Å². The smallest absolute Gasteiger partial charge is 0.300 e. The monoisotopic (exact) mass is 467 g/mol. The molecule has 1 aliphatic heterocycles. The Morgan fingerprint density at radius 1 is 1.09 bits per heavy atom. The number of ketones is 1. The standard InChI is InChI=1S/C25H19ClFNO5/c1-13-10-18(24(33-2)19(26)11-13)22(30)20-21(14-6-8-17(29)9-7-14)28(25(32)23(20)31)16-5-3-4-15(27)12-16/h3-12,21,29-30H,1-2H3/b22-20+. The Morgan fingerprint density at radius 3 is 2.42 bits per heavy atom. The van der Waals surface area contributed by atoms with Crippen molar-refractivity contribution in [3.05, 3.63) is 93.8 Å². The van der Waals surface area contributed by atoms with Crippen molar-refractivity contribution in [1.29, 1.82) is 0 Å². The Labute approximate surface area is 194 Å². The molecule has 1 saturated heterocycles. The molecule has 1 heterocycles. The van der Waals surface area contributed by atoms with Crippen LogP contribution in [0.25, 0.3) is 5.76 Å². The number of ether oxygens (including phenoxy) is 1. The van der Waals surface area contributed by atoms with Gasteiger partial charge >= 0.3 is 0 Å². The van der Waals surface area contributed by atoms with Crippen molar-refractivity contribution in [3.63, 3.8) is 0 Å². The van der Waals surface area contributed by atoms with Crippen LogP contribution in [-0.4, -0.2) is 29.0 Å². The summed E-state index contributed by atoms with van der Waals surface area (Å²) in [6.07, 6.45) is 0. The van der Waals surface area contributed by atoms with E-state index in [1.165, 1.54) is 49.6 Å². The number of methoxy groups -OCH3 is 1. The van der Waals surface area contributed by atoms with Gasteiger partial charge < -0.3 is 14.9 Å². The van der Waals surface area contributed by atoms with Crippen molar-refractivity contribution in [2.24, 2.45) is 0 Å². The minimum atomic E-state index is -1.09. The first-order valence-corrected chi connectivity index (χ1v) is 10.3. The van der Waals surface area contributed by atoms with Gasteiger partial charge in [0.1, 0.15) is 23.1 Å². The maximum absolute atomic E-state index is 14.0. The molecule has 1 unspecified atom stereocenters. The van der Waals surface area contributed by atoms with Crippen molar-refractivity contribution in [1.82, 2.24) is 0 Å². The number of nitrogens with zero attached hydrogens (tertiary/aromatic N) is 1. The Morgan fingerprint density at radius 2 is 1.79 bits per heavy atom. The molecule has 8 heteroatoms. The van der Waals surface area contributed by atoms with E-state index in [9.17, 15) is 24.2 Å². The maximum atomic E-state index is 14.0. The van der Waals surface area contributed by atoms with E-state index in [1.54, 1.807) is 19.1 Å². The molecule has 1 fully saturated rings. The van der Waals surface area contributed by atoms with E-state index in [-0.39, 0.29) is 33.3 Å². The quantitative estimate of drug-likeness (QED) is 0.315. The molecule has 3 aromatic carbocycles. The van der Waals surface area contributed by atoms with Crippen LogP contribution in [0.4, 0.5) is 10.1 Å². The Kier molecular flexibility index (Phi) is 5.82. The number of anilines is 1. The fourth-order valence-electron chi connectivity index (χ4n) is 3.95. The third kappa shape index (κ3) is 3.91. The molecule has 0 radical (unpaired) electrons. The number of halogens is 2. The summed E-state index contributed by atoms with van der Waals surface area (Å²) in [5.74, 6) is -2.83. The lowest BCUT2D eigenvalue weighted by Gasteiger charge is -2.25. The second kappa shape index (κ2) is 8.60. The molecular formula is C25H19ClFNO5. The second-order valence-electron chi connectivity index (χ2n) is 7.57. The Hall–Kier alpha value is -3.84. The van der Waals surface area contributed by atoms with Crippen LogP contribution in [0.3, 0.4) is 0 Å². The topological polar surface area (TPSA) is 87.1 Å². The highest BCUT2D eigenvalue weighted by molar-refractivity contribution is 6.51. The SMILES string of the molecule is COc1c(Cl)cc(C)cc1/C(O)=C1\C(=O)C(=O)N(c2cccc(F)c2)C1c1ccc(O)cc1. The largest absolute Gasteiger partial charge is 0.508 e. The third-order valence-electron chi connectivity index (χ3n) is 5.39. The van der Waals surface area contributed by atoms with E-state index in [0.29, 0.717) is 11.1 Å². The molecule has 168 valence electrons. The van der Waals surface area contributed by atoms with E-state index in [0.717, 1.165) is 11.0 Å². The molecule has 1 atom stereocenters. The minimum absolute atomic E-state index is 0.0198. The van der Waals surface area contributed by atoms with Crippen LogP contribution in [0.2, 0.25) is 5.02 Å². The number of Topliss-reactive ketones (excluding diaryl/α,β-unsaturated/α-hetero) is 1. The molecule has 0 saturated carbocycles. The van der Waals surface area contributed by atoms with Crippen LogP contribution in [0.15, 0.2) is 66.2 Å². The first-order chi connectivity index (χ1) is 15.7. The highest BCUT2D eigenvalue weighted by Crippen LogP contribution is 2.44. The van der Waals surface area contributed by atoms with E-state index in [4.69, 9.17) is 16.3 Å². The fraction of sp³-hybridized carbons (Fsp3) is 0.120. The lowest BCUT2D eigenvalue weighted by Crippen LogP contribution is -2.29. The van der Waals surface area contributed by atoms with Crippen molar-refractivity contribution >= 4 is 34.7 Å². The highest BCUT2D eigenvalue weighted by atomic mass is 35.5. The zero-order chi connectivity index (χ0) is 23.9. The number of carbonyl (C=O) groups is 2. The normalized spacial score (nSPS) is 17.5. The summed E-state index contributed by atoms with van der Waals surface area (Å²) in [5.41, 5.74) is 1.19. The van der Waals surface area contributed by atoms with Gasteiger partial charge in [-0.1, -0.05) is 29.8 Å². The summed E-state index contributed by atoms with van der Waals surface area (Å²) in [5, 5.41) is 21.2. The van der Waals surface area contributed by atoms with E-state index < -0.39 is 29.3 Å². The minimum Gasteiger partial charge on any atom is -0.508 e. The van der Waals surface area contributed by atoms with Crippen LogP contribution in [0.1, 0.15) is 22.7 Å². The van der Waals surface area contributed by atoms with Crippen LogP contribution < -0.4 is 9.64 Å². The fourth-order valence-corrected chi connectivity index (χ4v) is 4.31. The van der Waals surface area contributed by atoms with Gasteiger partial charge in [0.15, 0.2) is 0 Å². The molecule has 6 nitrogen and oxygen atoms in total. The predicted molar refractivity (Wildman–Crippen MR) is 122 cm³/mol. The van der Waals surface area contributed by atoms with Crippen LogP contribution in [-0.2, 0) is 9.59 Å². The van der Waals surface area contributed by atoms with E-state index >= 15 is 0 Å². The molecule has 33 heavy (non-hydrogen) atoms. The lowest BCUT2D eigenvalue weighted by molar-refractivity contribution is -0.132. The number of amides is 1. The van der Waals surface area contributed by atoms with Crippen molar-refractivity contribution in [2.45, 2.75) is 13.0 Å². The zero-order valence-corrected chi connectivity index (χ0v) is 18.4. The molecule has 0 aromatic heterocycles. The van der Waals surface area contributed by atoms with E-state index in [2.05, 4.69) is 0 Å². The first kappa shape index (κ1) is 22.4. The molecule has 3 aromatic rings. The number of aryl methyl sites for hydroxylation is 1. The number of carbonyl (C=O) groups excluding carboxylic acids is 2. The van der Waals surface area contributed by atoms with Crippen LogP contribution in [0.5, 0.6) is 11.5 Å². The molecule has 4 rings (SSSR count). The van der Waals surface area contributed by atoms with Crippen molar-refractivity contribution in [2.75, 3.05) is 12.0 Å². The summed E-state index contributed by atoms with van der Waals surface area (Å²) in [6, 6.07) is 13.2. The van der Waals surface area contributed by atoms with Gasteiger partial charge in [-0.05, 0) is 60.5 Å². The van der Waals surface area contributed by atoms with Gasteiger partial charge in [-0.3, -0.25) is 14.5 Å². The average molecular weight is 468 g/mol. The molecule has 1 aliphatic rings. The molecular weight excluding hydrogens is 449 g/mol. The number of hydrogen-bond donors (Lipinski definition) is 2. The number of phenolic OH excluding ortho intramolecular Hbond substituents is 1. The Bertz CT molecular complexity index is 1300. The lowest BCUT2D eigenvalue weighted by atomic mass is 9.94. The molecule has 0 aliphatic carbocycles. The summed E-state index contributed by atoms with van der Waals surface area (Å²) >= 11 is 6.27. The molecule has 0 spiro atoms. The van der Waals surface area contributed by atoms with Gasteiger partial charge in [0, 0.05) is 5.69 Å². The van der Waals surface area contributed by atoms with Gasteiger partial charge in [0.2, 0.25) is 0 Å². The van der Waals surface area contributed by atoms with Crippen LogP contribution in [0, 0.1) is 12.7 Å². The van der Waals surface area contributed by atoms with Crippen molar-refractivity contribution in [3.8, 4) is 11.5 Å². The van der Waals surface area contributed by atoms with Gasteiger partial charge in [-0.25, -0.2) is 4.39 Å². The number of aliphatic hydroxyl groups is 1. The predicted octanol–water partition coefficient (Wildman–Crippen LogP) is 5.13. The number of aliphatic hydroxyl groups excluding tert-OH is 1. The van der Waals surface area contributed by atoms with Gasteiger partial charge in [-0.2, -0.15) is 0 Å². The number of aromatic hydroxyl groups is 1. The number of benzene rings is 3. The zero-order valence-electron chi connectivity index (χ0n) is 17.7. The number of phenols is 1. The summed E-state index contributed by atoms with van der Waals surface area (Å²) in [4.78, 5) is 27.4. The third-order valence-corrected chi connectivity index (χ3v) is 5.67. The second-order valence-corrected chi connectivity index (χ2v) is 7.98. The highest BCUT2D eigenvalue weighted by Gasteiger charge is 2.47. The van der Waals surface area contributed by atoms with Gasteiger partial charge in [0.05, 0.1) is 29.3 Å². The molecule has 0 bridgehead atoms. The van der Waals surface area contributed by atoms with E-state index in [1.807, 2.05) is 0 Å². The first-order valence-electron chi connectivity index (χ1n) is 9.93.